The van der Waals surface area contributed by atoms with Gasteiger partial charge in [0.05, 0.1) is 17.5 Å². The lowest BCUT2D eigenvalue weighted by Gasteiger charge is -2.39. The summed E-state index contributed by atoms with van der Waals surface area (Å²) in [6.07, 6.45) is 5.86. The van der Waals surface area contributed by atoms with Crippen molar-refractivity contribution < 1.29 is 4.79 Å². The van der Waals surface area contributed by atoms with Crippen LogP contribution in [0.15, 0.2) is 12.4 Å². The third-order valence-corrected chi connectivity index (χ3v) is 4.94. The highest BCUT2D eigenvalue weighted by Gasteiger charge is 2.35. The summed E-state index contributed by atoms with van der Waals surface area (Å²) in [5.41, 5.74) is 2.54. The minimum atomic E-state index is -0.324. The molecule has 1 saturated carbocycles. The van der Waals surface area contributed by atoms with Crippen LogP contribution < -0.4 is 5.32 Å². The molecule has 0 atom stereocenters. The summed E-state index contributed by atoms with van der Waals surface area (Å²) in [7, 11) is 0. The van der Waals surface area contributed by atoms with Crippen LogP contribution in [0.4, 0.5) is 0 Å². The van der Waals surface area contributed by atoms with Gasteiger partial charge in [-0.05, 0) is 32.1 Å². The standard InChI is InChI=1S/C17H24N4O/c1-16(2,3)17(4,5)21-15(22)11-8-18-14-13(11)20-12(9-19-14)10-6-7-10/h8-10H,6-7H2,1-5H3,(H,18,19)(H,21,22). The summed E-state index contributed by atoms with van der Waals surface area (Å²) in [6, 6.07) is 0. The van der Waals surface area contributed by atoms with Gasteiger partial charge in [-0.2, -0.15) is 0 Å². The number of carbonyl (C=O) groups is 1. The van der Waals surface area contributed by atoms with E-state index in [0.29, 0.717) is 22.6 Å². The SMILES string of the molecule is CC(C)(C)C(C)(C)NC(=O)c1c[nH]c2ncc(C3CC3)nc12. The van der Waals surface area contributed by atoms with E-state index in [4.69, 9.17) is 0 Å². The highest BCUT2D eigenvalue weighted by atomic mass is 16.1. The Morgan fingerprint density at radius 2 is 1.95 bits per heavy atom. The third kappa shape index (κ3) is 2.60. The van der Waals surface area contributed by atoms with Gasteiger partial charge in [0, 0.05) is 17.7 Å². The maximum Gasteiger partial charge on any atom is 0.255 e. The molecule has 0 aliphatic heterocycles. The predicted molar refractivity (Wildman–Crippen MR) is 86.9 cm³/mol. The van der Waals surface area contributed by atoms with E-state index >= 15 is 0 Å². The average Bonchev–Trinajstić information content (AvgIpc) is 3.16. The van der Waals surface area contributed by atoms with Gasteiger partial charge in [-0.3, -0.25) is 4.79 Å². The van der Waals surface area contributed by atoms with Crippen molar-refractivity contribution in [3.05, 3.63) is 23.7 Å². The van der Waals surface area contributed by atoms with E-state index in [2.05, 4.69) is 41.0 Å². The van der Waals surface area contributed by atoms with Crippen LogP contribution in [0.1, 0.15) is 69.4 Å². The molecule has 1 aliphatic rings. The number of nitrogens with one attached hydrogen (secondary N) is 2. The first kappa shape index (κ1) is 15.0. The van der Waals surface area contributed by atoms with Crippen molar-refractivity contribution in [1.82, 2.24) is 20.3 Å². The van der Waals surface area contributed by atoms with Gasteiger partial charge in [-0.25, -0.2) is 9.97 Å². The summed E-state index contributed by atoms with van der Waals surface area (Å²) in [4.78, 5) is 24.8. The Hall–Kier alpha value is -1.91. The monoisotopic (exact) mass is 300 g/mol. The minimum Gasteiger partial charge on any atom is -0.347 e. The first-order chi connectivity index (χ1) is 10.2. The zero-order valence-corrected chi connectivity index (χ0v) is 13.9. The summed E-state index contributed by atoms with van der Waals surface area (Å²) in [6.45, 7) is 10.4. The molecule has 2 aromatic rings. The van der Waals surface area contributed by atoms with Crippen LogP contribution in [0.3, 0.4) is 0 Å². The molecule has 0 saturated heterocycles. The van der Waals surface area contributed by atoms with Crippen molar-refractivity contribution in [2.24, 2.45) is 5.41 Å². The Kier molecular flexibility index (Phi) is 3.27. The number of aromatic nitrogens is 3. The molecule has 0 unspecified atom stereocenters. The molecule has 0 aromatic carbocycles. The Morgan fingerprint density at radius 1 is 1.27 bits per heavy atom. The molecule has 1 aliphatic carbocycles. The molecule has 3 rings (SSSR count). The quantitative estimate of drug-likeness (QED) is 0.912. The predicted octanol–water partition coefficient (Wildman–Crippen LogP) is 3.39. The zero-order valence-electron chi connectivity index (χ0n) is 13.9. The molecule has 5 nitrogen and oxygen atoms in total. The molecule has 0 spiro atoms. The molecule has 2 aromatic heterocycles. The fraction of sp³-hybridized carbons (Fsp3) is 0.588. The first-order valence-corrected chi connectivity index (χ1v) is 7.85. The van der Waals surface area contributed by atoms with E-state index in [9.17, 15) is 4.79 Å². The molecule has 2 heterocycles. The number of amides is 1. The highest BCUT2D eigenvalue weighted by Crippen LogP contribution is 2.39. The topological polar surface area (TPSA) is 70.7 Å². The molecule has 22 heavy (non-hydrogen) atoms. The third-order valence-electron chi connectivity index (χ3n) is 4.94. The van der Waals surface area contributed by atoms with Crippen LogP contribution in [0, 0.1) is 5.41 Å². The number of rotatable bonds is 3. The minimum absolute atomic E-state index is 0.0420. The van der Waals surface area contributed by atoms with Crippen molar-refractivity contribution in [2.75, 3.05) is 0 Å². The largest absolute Gasteiger partial charge is 0.347 e. The molecule has 118 valence electrons. The van der Waals surface area contributed by atoms with E-state index in [1.807, 2.05) is 20.0 Å². The van der Waals surface area contributed by atoms with E-state index in [1.165, 1.54) is 12.8 Å². The Balaban J connectivity index is 1.92. The molecule has 2 N–H and O–H groups in total. The van der Waals surface area contributed by atoms with Crippen LogP contribution in [-0.4, -0.2) is 26.4 Å². The number of H-pyrrole nitrogens is 1. The van der Waals surface area contributed by atoms with E-state index < -0.39 is 0 Å². The van der Waals surface area contributed by atoms with Gasteiger partial charge in [0.15, 0.2) is 5.65 Å². The maximum atomic E-state index is 12.7. The summed E-state index contributed by atoms with van der Waals surface area (Å²) in [5.74, 6) is 0.419. The second-order valence-electron chi connectivity index (χ2n) is 7.80. The van der Waals surface area contributed by atoms with Gasteiger partial charge in [-0.15, -0.1) is 0 Å². The van der Waals surface area contributed by atoms with Crippen molar-refractivity contribution in [3.8, 4) is 0 Å². The number of nitrogens with zero attached hydrogens (tertiary/aromatic N) is 2. The van der Waals surface area contributed by atoms with Crippen LogP contribution in [0.25, 0.3) is 11.2 Å². The Labute approximate surface area is 130 Å². The first-order valence-electron chi connectivity index (χ1n) is 7.85. The lowest BCUT2D eigenvalue weighted by atomic mass is 9.76. The van der Waals surface area contributed by atoms with Gasteiger partial charge in [0.1, 0.15) is 5.52 Å². The van der Waals surface area contributed by atoms with Gasteiger partial charge in [0.2, 0.25) is 0 Å². The number of carbonyl (C=O) groups excluding carboxylic acids is 1. The van der Waals surface area contributed by atoms with E-state index in [-0.39, 0.29) is 16.9 Å². The normalized spacial score (nSPS) is 16.0. The Bertz CT molecular complexity index is 720. The molecular weight excluding hydrogens is 276 g/mol. The molecular formula is C17H24N4O. The van der Waals surface area contributed by atoms with E-state index in [0.717, 1.165) is 5.69 Å². The molecule has 1 amide bonds. The summed E-state index contributed by atoms with van der Waals surface area (Å²) in [5, 5.41) is 3.13. The number of hydrogen-bond acceptors (Lipinski definition) is 3. The van der Waals surface area contributed by atoms with Gasteiger partial charge in [-0.1, -0.05) is 20.8 Å². The van der Waals surface area contributed by atoms with Crippen LogP contribution in [0.5, 0.6) is 0 Å². The fourth-order valence-electron chi connectivity index (χ4n) is 2.19. The second kappa shape index (κ2) is 4.80. The summed E-state index contributed by atoms with van der Waals surface area (Å²) < 4.78 is 0. The van der Waals surface area contributed by atoms with Gasteiger partial charge < -0.3 is 10.3 Å². The van der Waals surface area contributed by atoms with Crippen LogP contribution >= 0.6 is 0 Å². The molecule has 1 fully saturated rings. The molecule has 5 heteroatoms. The van der Waals surface area contributed by atoms with Gasteiger partial charge in [0.25, 0.3) is 5.91 Å². The number of hydrogen-bond donors (Lipinski definition) is 2. The molecule has 0 bridgehead atoms. The van der Waals surface area contributed by atoms with Crippen molar-refractivity contribution >= 4 is 17.1 Å². The van der Waals surface area contributed by atoms with Crippen molar-refractivity contribution in [3.63, 3.8) is 0 Å². The maximum absolute atomic E-state index is 12.7. The Morgan fingerprint density at radius 3 is 2.55 bits per heavy atom. The molecule has 0 radical (unpaired) electrons. The lowest BCUT2D eigenvalue weighted by molar-refractivity contribution is 0.0831. The van der Waals surface area contributed by atoms with Crippen LogP contribution in [0.2, 0.25) is 0 Å². The van der Waals surface area contributed by atoms with Crippen LogP contribution in [-0.2, 0) is 0 Å². The second-order valence-corrected chi connectivity index (χ2v) is 7.80. The number of fused-ring (bicyclic) bond motifs is 1. The average molecular weight is 300 g/mol. The van der Waals surface area contributed by atoms with Gasteiger partial charge >= 0.3 is 0 Å². The zero-order chi connectivity index (χ0) is 16.1. The van der Waals surface area contributed by atoms with Crippen molar-refractivity contribution in [2.45, 2.75) is 58.9 Å². The van der Waals surface area contributed by atoms with Crippen molar-refractivity contribution in [1.29, 1.82) is 0 Å². The number of aromatic amines is 1. The van der Waals surface area contributed by atoms with E-state index in [1.54, 1.807) is 6.20 Å². The summed E-state index contributed by atoms with van der Waals surface area (Å²) >= 11 is 0. The lowest BCUT2D eigenvalue weighted by Crippen LogP contribution is -2.52. The fourth-order valence-corrected chi connectivity index (χ4v) is 2.19. The highest BCUT2D eigenvalue weighted by molar-refractivity contribution is 6.04. The smallest absolute Gasteiger partial charge is 0.255 e.